The van der Waals surface area contributed by atoms with Crippen molar-refractivity contribution in [3.05, 3.63) is 71.0 Å². The number of nitrogens with zero attached hydrogens (tertiary/aromatic N) is 1. The summed E-state index contributed by atoms with van der Waals surface area (Å²) in [4.78, 5) is 4.29. The van der Waals surface area contributed by atoms with Gasteiger partial charge >= 0.3 is 0 Å². The van der Waals surface area contributed by atoms with Gasteiger partial charge in [0.05, 0.1) is 0 Å². The highest BCUT2D eigenvalue weighted by Crippen LogP contribution is 2.23. The summed E-state index contributed by atoms with van der Waals surface area (Å²) in [6.45, 7) is 2.61. The molecule has 0 aliphatic carbocycles. The Hall–Kier alpha value is -2.20. The number of nitrogens with one attached hydrogen (secondary N) is 1. The van der Waals surface area contributed by atoms with E-state index in [1.54, 1.807) is 17.4 Å². The first-order chi connectivity index (χ1) is 10.2. The lowest BCUT2D eigenvalue weighted by Crippen LogP contribution is -2.01. The van der Waals surface area contributed by atoms with Gasteiger partial charge in [0.25, 0.3) is 0 Å². The van der Waals surface area contributed by atoms with Gasteiger partial charge in [-0.1, -0.05) is 6.07 Å². The summed E-state index contributed by atoms with van der Waals surface area (Å²) in [6, 6.07) is 13.1. The Bertz CT molecular complexity index is 721. The molecule has 4 heteroatoms. The van der Waals surface area contributed by atoms with Crippen molar-refractivity contribution < 1.29 is 4.39 Å². The lowest BCUT2D eigenvalue weighted by molar-refractivity contribution is 0.625. The first-order valence-electron chi connectivity index (χ1n) is 6.71. The average molecular weight is 298 g/mol. The smallest absolute Gasteiger partial charge is 0.123 e. The summed E-state index contributed by atoms with van der Waals surface area (Å²) in [7, 11) is 0. The minimum absolute atomic E-state index is 0.191. The Kier molecular flexibility index (Phi) is 3.97. The molecule has 1 heterocycles. The van der Waals surface area contributed by atoms with Gasteiger partial charge in [-0.25, -0.2) is 9.37 Å². The van der Waals surface area contributed by atoms with E-state index in [0.29, 0.717) is 6.54 Å². The molecule has 3 aromatic rings. The molecule has 0 amide bonds. The highest BCUT2D eigenvalue weighted by molar-refractivity contribution is 7.13. The van der Waals surface area contributed by atoms with Crippen LogP contribution in [-0.4, -0.2) is 4.98 Å². The van der Waals surface area contributed by atoms with E-state index < -0.39 is 0 Å². The van der Waals surface area contributed by atoms with E-state index in [4.69, 9.17) is 0 Å². The summed E-state index contributed by atoms with van der Waals surface area (Å²) >= 11 is 1.63. The van der Waals surface area contributed by atoms with Crippen LogP contribution < -0.4 is 5.32 Å². The van der Waals surface area contributed by atoms with Gasteiger partial charge in [0.15, 0.2) is 0 Å². The van der Waals surface area contributed by atoms with Crippen molar-refractivity contribution in [2.75, 3.05) is 5.32 Å². The maximum Gasteiger partial charge on any atom is 0.123 e. The molecular weight excluding hydrogens is 283 g/mol. The van der Waals surface area contributed by atoms with Gasteiger partial charge in [-0.15, -0.1) is 11.3 Å². The van der Waals surface area contributed by atoms with Crippen molar-refractivity contribution >= 4 is 17.0 Å². The Morgan fingerprint density at radius 3 is 2.62 bits per heavy atom. The molecule has 0 saturated carbocycles. The first kappa shape index (κ1) is 13.8. The molecule has 0 unspecified atom stereocenters. The summed E-state index contributed by atoms with van der Waals surface area (Å²) in [5.41, 5.74) is 4.22. The summed E-state index contributed by atoms with van der Waals surface area (Å²) in [6.07, 6.45) is 1.81. The lowest BCUT2D eigenvalue weighted by atomic mass is 10.1. The van der Waals surface area contributed by atoms with E-state index in [1.165, 1.54) is 6.07 Å². The quantitative estimate of drug-likeness (QED) is 0.743. The zero-order valence-corrected chi connectivity index (χ0v) is 12.5. The zero-order valence-electron chi connectivity index (χ0n) is 11.6. The minimum atomic E-state index is -0.191. The molecule has 0 radical (unpaired) electrons. The molecule has 3 rings (SSSR count). The van der Waals surface area contributed by atoms with Crippen LogP contribution in [0.3, 0.4) is 0 Å². The second-order valence-electron chi connectivity index (χ2n) is 4.84. The topological polar surface area (TPSA) is 24.9 Å². The second kappa shape index (κ2) is 6.06. The van der Waals surface area contributed by atoms with Crippen LogP contribution in [0.15, 0.2) is 54.0 Å². The highest BCUT2D eigenvalue weighted by atomic mass is 32.1. The maximum absolute atomic E-state index is 13.1. The Labute approximate surface area is 127 Å². The van der Waals surface area contributed by atoms with Crippen molar-refractivity contribution in [2.45, 2.75) is 13.5 Å². The first-order valence-corrected chi connectivity index (χ1v) is 7.59. The van der Waals surface area contributed by atoms with E-state index in [2.05, 4.69) is 22.4 Å². The van der Waals surface area contributed by atoms with Gasteiger partial charge in [-0.05, 0) is 54.4 Å². The molecule has 0 fully saturated rings. The van der Waals surface area contributed by atoms with Crippen LogP contribution >= 0.6 is 11.3 Å². The Balaban J connectivity index is 1.68. The van der Waals surface area contributed by atoms with Crippen LogP contribution in [0.2, 0.25) is 0 Å². The van der Waals surface area contributed by atoms with E-state index in [1.807, 2.05) is 36.7 Å². The van der Waals surface area contributed by atoms with Gasteiger partial charge < -0.3 is 5.32 Å². The third kappa shape index (κ3) is 3.28. The van der Waals surface area contributed by atoms with E-state index in [9.17, 15) is 4.39 Å². The largest absolute Gasteiger partial charge is 0.381 e. The average Bonchev–Trinajstić information content (AvgIpc) is 3.01. The molecule has 2 nitrogen and oxygen atoms in total. The highest BCUT2D eigenvalue weighted by Gasteiger charge is 2.02. The van der Waals surface area contributed by atoms with Gasteiger partial charge in [0.2, 0.25) is 0 Å². The zero-order chi connectivity index (χ0) is 14.7. The van der Waals surface area contributed by atoms with Gasteiger partial charge in [-0.2, -0.15) is 0 Å². The van der Waals surface area contributed by atoms with Crippen LogP contribution in [0.5, 0.6) is 0 Å². The van der Waals surface area contributed by atoms with Crippen LogP contribution in [0.25, 0.3) is 10.6 Å². The number of rotatable bonds is 4. The van der Waals surface area contributed by atoms with Crippen LogP contribution in [-0.2, 0) is 6.54 Å². The number of hydrogen-bond acceptors (Lipinski definition) is 3. The third-order valence-corrected chi connectivity index (χ3v) is 4.17. The number of anilines is 1. The normalized spacial score (nSPS) is 10.6. The maximum atomic E-state index is 13.1. The predicted molar refractivity (Wildman–Crippen MR) is 86.0 cm³/mol. The molecule has 2 aromatic carbocycles. The van der Waals surface area contributed by atoms with Crippen molar-refractivity contribution in [1.29, 1.82) is 0 Å². The van der Waals surface area contributed by atoms with Crippen molar-refractivity contribution in [2.24, 2.45) is 0 Å². The Morgan fingerprint density at radius 2 is 1.95 bits per heavy atom. The number of hydrogen-bond donors (Lipinski definition) is 1. The molecule has 0 aliphatic heterocycles. The molecule has 0 aliphatic rings. The van der Waals surface area contributed by atoms with Crippen LogP contribution in [0.4, 0.5) is 10.1 Å². The number of aromatic nitrogens is 1. The van der Waals surface area contributed by atoms with E-state index in [0.717, 1.165) is 27.4 Å². The third-order valence-electron chi connectivity index (χ3n) is 3.35. The molecule has 1 aromatic heterocycles. The molecule has 106 valence electrons. The SMILES string of the molecule is Cc1cc(F)ccc1CNc1ccc(-c2nccs2)cc1. The second-order valence-corrected chi connectivity index (χ2v) is 5.73. The van der Waals surface area contributed by atoms with Crippen molar-refractivity contribution in [3.63, 3.8) is 0 Å². The van der Waals surface area contributed by atoms with Gasteiger partial charge in [-0.3, -0.25) is 0 Å². The molecular formula is C17H15FN2S. The van der Waals surface area contributed by atoms with Crippen molar-refractivity contribution in [3.8, 4) is 10.6 Å². The molecule has 0 atom stereocenters. The molecule has 1 N–H and O–H groups in total. The number of benzene rings is 2. The molecule has 0 spiro atoms. The van der Waals surface area contributed by atoms with E-state index >= 15 is 0 Å². The Morgan fingerprint density at radius 1 is 1.14 bits per heavy atom. The number of halogens is 1. The fraction of sp³-hybridized carbons (Fsp3) is 0.118. The monoisotopic (exact) mass is 298 g/mol. The number of aryl methyl sites for hydroxylation is 1. The summed E-state index contributed by atoms with van der Waals surface area (Å²) < 4.78 is 13.1. The van der Waals surface area contributed by atoms with Crippen LogP contribution in [0.1, 0.15) is 11.1 Å². The van der Waals surface area contributed by atoms with E-state index in [-0.39, 0.29) is 5.82 Å². The molecule has 21 heavy (non-hydrogen) atoms. The fourth-order valence-electron chi connectivity index (χ4n) is 2.15. The minimum Gasteiger partial charge on any atom is -0.381 e. The summed E-state index contributed by atoms with van der Waals surface area (Å²) in [5, 5.41) is 6.35. The van der Waals surface area contributed by atoms with Gasteiger partial charge in [0.1, 0.15) is 10.8 Å². The van der Waals surface area contributed by atoms with Crippen molar-refractivity contribution in [1.82, 2.24) is 4.98 Å². The standard InChI is InChI=1S/C17H15FN2S/c1-12-10-15(18)5-2-14(12)11-20-16-6-3-13(4-7-16)17-19-8-9-21-17/h2-10,20H,11H2,1H3. The summed E-state index contributed by atoms with van der Waals surface area (Å²) in [5.74, 6) is -0.191. The molecule has 0 bridgehead atoms. The molecule has 0 saturated heterocycles. The number of thiazole rings is 1. The fourth-order valence-corrected chi connectivity index (χ4v) is 2.80. The van der Waals surface area contributed by atoms with Crippen LogP contribution in [0, 0.1) is 12.7 Å². The lowest BCUT2D eigenvalue weighted by Gasteiger charge is -2.09. The van der Waals surface area contributed by atoms with Gasteiger partial charge in [0, 0.05) is 29.4 Å². The predicted octanol–water partition coefficient (Wildman–Crippen LogP) is 4.87.